The molecule has 0 saturated carbocycles. The van der Waals surface area contributed by atoms with Gasteiger partial charge in [-0.05, 0) is 61.7 Å². The Morgan fingerprint density at radius 2 is 1.65 bits per heavy atom. The maximum Gasteiger partial charge on any atom is 0.271 e. The minimum atomic E-state index is -3.95. The van der Waals surface area contributed by atoms with Gasteiger partial charge in [0.1, 0.15) is 0 Å². The van der Waals surface area contributed by atoms with E-state index in [0.29, 0.717) is 11.3 Å². The standard InChI is InChI=1S/C22H21N3O5S/c1-14-7-8-15(2)20(11-14)24-31(29,30)21-12-17(10-9-16(21)3)22(26)23-18-5-4-6-19(13-18)25(27)28/h4-13,24H,1-3H3,(H,23,26). The fraction of sp³-hybridized carbons (Fsp3) is 0.136. The minimum absolute atomic E-state index is 0.0277. The molecule has 0 aliphatic rings. The molecule has 3 aromatic carbocycles. The van der Waals surface area contributed by atoms with E-state index in [1.54, 1.807) is 26.0 Å². The maximum absolute atomic E-state index is 13.0. The number of hydrogen-bond acceptors (Lipinski definition) is 5. The quantitative estimate of drug-likeness (QED) is 0.431. The van der Waals surface area contributed by atoms with Gasteiger partial charge in [0.15, 0.2) is 0 Å². The third-order valence-corrected chi connectivity index (χ3v) is 6.20. The predicted octanol–water partition coefficient (Wildman–Crippen LogP) is 4.57. The van der Waals surface area contributed by atoms with Crippen LogP contribution in [0.4, 0.5) is 17.1 Å². The molecule has 3 rings (SSSR count). The van der Waals surface area contributed by atoms with Crippen LogP contribution >= 0.6 is 0 Å². The van der Waals surface area contributed by atoms with Gasteiger partial charge in [0.2, 0.25) is 0 Å². The van der Waals surface area contributed by atoms with Crippen LogP contribution in [0.25, 0.3) is 0 Å². The van der Waals surface area contributed by atoms with Crippen molar-refractivity contribution in [1.82, 2.24) is 0 Å². The first-order valence-electron chi connectivity index (χ1n) is 9.33. The minimum Gasteiger partial charge on any atom is -0.322 e. The normalized spacial score (nSPS) is 11.1. The number of hydrogen-bond donors (Lipinski definition) is 2. The molecule has 0 saturated heterocycles. The topological polar surface area (TPSA) is 118 Å². The van der Waals surface area contributed by atoms with Crippen molar-refractivity contribution in [3.05, 3.63) is 93.0 Å². The van der Waals surface area contributed by atoms with E-state index in [9.17, 15) is 23.3 Å². The number of carbonyl (C=O) groups excluding carboxylic acids is 1. The monoisotopic (exact) mass is 439 g/mol. The Kier molecular flexibility index (Phi) is 6.07. The molecule has 2 N–H and O–H groups in total. The van der Waals surface area contributed by atoms with Gasteiger partial charge < -0.3 is 5.32 Å². The molecular weight excluding hydrogens is 418 g/mol. The van der Waals surface area contributed by atoms with Crippen LogP contribution in [0, 0.1) is 30.9 Å². The second-order valence-electron chi connectivity index (χ2n) is 7.17. The molecule has 31 heavy (non-hydrogen) atoms. The highest BCUT2D eigenvalue weighted by molar-refractivity contribution is 7.92. The summed E-state index contributed by atoms with van der Waals surface area (Å²) in [5, 5.41) is 13.5. The molecule has 1 amide bonds. The molecule has 0 spiro atoms. The zero-order chi connectivity index (χ0) is 22.8. The van der Waals surface area contributed by atoms with E-state index in [0.717, 1.165) is 11.1 Å². The van der Waals surface area contributed by atoms with Crippen LogP contribution < -0.4 is 10.0 Å². The second kappa shape index (κ2) is 8.57. The summed E-state index contributed by atoms with van der Waals surface area (Å²) >= 11 is 0. The van der Waals surface area contributed by atoms with Gasteiger partial charge in [0.25, 0.3) is 21.6 Å². The summed E-state index contributed by atoms with van der Waals surface area (Å²) in [6.45, 7) is 5.30. The van der Waals surface area contributed by atoms with E-state index in [1.165, 1.54) is 36.4 Å². The molecule has 160 valence electrons. The number of anilines is 2. The molecule has 0 aromatic heterocycles. The lowest BCUT2D eigenvalue weighted by Gasteiger charge is -2.14. The van der Waals surface area contributed by atoms with Gasteiger partial charge in [-0.2, -0.15) is 0 Å². The molecule has 0 heterocycles. The Balaban J connectivity index is 1.90. The van der Waals surface area contributed by atoms with Crippen LogP contribution in [0.15, 0.2) is 65.6 Å². The highest BCUT2D eigenvalue weighted by Crippen LogP contribution is 2.24. The number of amides is 1. The second-order valence-corrected chi connectivity index (χ2v) is 8.82. The number of non-ortho nitro benzene ring substituents is 1. The van der Waals surface area contributed by atoms with Crippen LogP contribution in [0.3, 0.4) is 0 Å². The van der Waals surface area contributed by atoms with Gasteiger partial charge in [-0.25, -0.2) is 8.42 Å². The van der Waals surface area contributed by atoms with Crippen molar-refractivity contribution >= 4 is 33.0 Å². The summed E-state index contributed by atoms with van der Waals surface area (Å²) in [7, 11) is -3.95. The summed E-state index contributed by atoms with van der Waals surface area (Å²) < 4.78 is 28.6. The zero-order valence-electron chi connectivity index (χ0n) is 17.2. The molecule has 0 radical (unpaired) electrons. The average Bonchev–Trinajstić information content (AvgIpc) is 2.71. The number of nitro benzene ring substituents is 1. The van der Waals surface area contributed by atoms with Gasteiger partial charge in [-0.1, -0.05) is 24.3 Å². The zero-order valence-corrected chi connectivity index (χ0v) is 18.0. The number of carbonyl (C=O) groups is 1. The lowest BCUT2D eigenvalue weighted by molar-refractivity contribution is -0.384. The first-order valence-corrected chi connectivity index (χ1v) is 10.8. The molecule has 0 fully saturated rings. The first kappa shape index (κ1) is 22.0. The fourth-order valence-electron chi connectivity index (χ4n) is 2.98. The van der Waals surface area contributed by atoms with Gasteiger partial charge in [0, 0.05) is 23.4 Å². The van der Waals surface area contributed by atoms with Crippen molar-refractivity contribution in [3.63, 3.8) is 0 Å². The number of nitrogens with zero attached hydrogens (tertiary/aromatic N) is 1. The van der Waals surface area contributed by atoms with E-state index < -0.39 is 20.9 Å². The van der Waals surface area contributed by atoms with Crippen LogP contribution in [-0.2, 0) is 10.0 Å². The Morgan fingerprint density at radius 3 is 2.35 bits per heavy atom. The maximum atomic E-state index is 13.0. The Morgan fingerprint density at radius 1 is 0.935 bits per heavy atom. The van der Waals surface area contributed by atoms with E-state index in [1.807, 2.05) is 19.1 Å². The summed E-state index contributed by atoms with van der Waals surface area (Å²) in [5.41, 5.74) is 2.80. The molecule has 0 aliphatic carbocycles. The number of rotatable bonds is 6. The smallest absolute Gasteiger partial charge is 0.271 e. The van der Waals surface area contributed by atoms with E-state index in [-0.39, 0.29) is 21.8 Å². The van der Waals surface area contributed by atoms with Crippen molar-refractivity contribution in [2.45, 2.75) is 25.7 Å². The largest absolute Gasteiger partial charge is 0.322 e. The summed E-state index contributed by atoms with van der Waals surface area (Å²) in [5.74, 6) is -0.580. The van der Waals surface area contributed by atoms with Gasteiger partial charge in [-0.15, -0.1) is 0 Å². The summed E-state index contributed by atoms with van der Waals surface area (Å²) in [6.07, 6.45) is 0. The van der Waals surface area contributed by atoms with Crippen LogP contribution in [0.1, 0.15) is 27.0 Å². The Hall–Kier alpha value is -3.72. The summed E-state index contributed by atoms with van der Waals surface area (Å²) in [6, 6.07) is 15.3. The van der Waals surface area contributed by atoms with Crippen molar-refractivity contribution in [3.8, 4) is 0 Å². The van der Waals surface area contributed by atoms with Gasteiger partial charge in [0.05, 0.1) is 15.5 Å². The predicted molar refractivity (Wildman–Crippen MR) is 119 cm³/mol. The molecule has 0 aliphatic heterocycles. The molecule has 0 atom stereocenters. The SMILES string of the molecule is Cc1ccc(C)c(NS(=O)(=O)c2cc(C(=O)Nc3cccc([N+](=O)[O-])c3)ccc2C)c1. The van der Waals surface area contributed by atoms with Crippen LogP contribution in [0.2, 0.25) is 0 Å². The van der Waals surface area contributed by atoms with Crippen molar-refractivity contribution in [1.29, 1.82) is 0 Å². The average molecular weight is 439 g/mol. The molecule has 8 nitrogen and oxygen atoms in total. The summed E-state index contributed by atoms with van der Waals surface area (Å²) in [4.78, 5) is 23.0. The van der Waals surface area contributed by atoms with E-state index >= 15 is 0 Å². The van der Waals surface area contributed by atoms with E-state index in [2.05, 4.69) is 10.0 Å². The van der Waals surface area contributed by atoms with Gasteiger partial charge in [-0.3, -0.25) is 19.6 Å². The van der Waals surface area contributed by atoms with Crippen LogP contribution in [-0.4, -0.2) is 19.2 Å². The van der Waals surface area contributed by atoms with Crippen LogP contribution in [0.5, 0.6) is 0 Å². The molecular formula is C22H21N3O5S. The number of benzene rings is 3. The van der Waals surface area contributed by atoms with Crippen molar-refractivity contribution < 1.29 is 18.1 Å². The number of nitrogens with one attached hydrogen (secondary N) is 2. The lowest BCUT2D eigenvalue weighted by Crippen LogP contribution is -2.17. The molecule has 9 heteroatoms. The lowest BCUT2D eigenvalue weighted by atomic mass is 10.1. The number of nitro groups is 1. The van der Waals surface area contributed by atoms with Crippen molar-refractivity contribution in [2.24, 2.45) is 0 Å². The Labute approximate surface area is 180 Å². The Bertz CT molecular complexity index is 1290. The third-order valence-electron chi connectivity index (χ3n) is 4.69. The first-order chi connectivity index (χ1) is 14.6. The van der Waals surface area contributed by atoms with Gasteiger partial charge >= 0.3 is 0 Å². The third kappa shape index (κ3) is 5.07. The molecule has 3 aromatic rings. The number of aryl methyl sites for hydroxylation is 3. The number of sulfonamides is 1. The highest BCUT2D eigenvalue weighted by Gasteiger charge is 2.20. The highest BCUT2D eigenvalue weighted by atomic mass is 32.2. The van der Waals surface area contributed by atoms with Crippen molar-refractivity contribution in [2.75, 3.05) is 10.0 Å². The molecule has 0 unspecified atom stereocenters. The molecule has 0 bridgehead atoms. The fourth-order valence-corrected chi connectivity index (χ4v) is 4.37. The van der Waals surface area contributed by atoms with E-state index in [4.69, 9.17) is 0 Å².